The van der Waals surface area contributed by atoms with Crippen molar-refractivity contribution in [3.8, 4) is 0 Å². The van der Waals surface area contributed by atoms with Gasteiger partial charge < -0.3 is 10.0 Å². The van der Waals surface area contributed by atoms with E-state index in [1.54, 1.807) is 27.6 Å². The Labute approximate surface area is 125 Å². The van der Waals surface area contributed by atoms with Crippen LogP contribution in [0.25, 0.3) is 0 Å². The molecule has 0 aromatic heterocycles. The molecular weight excluding hydrogens is 276 g/mol. The number of thioether (sulfide) groups is 1. The molecule has 0 bridgehead atoms. The van der Waals surface area contributed by atoms with Crippen LogP contribution in [0.5, 0.6) is 0 Å². The molecule has 2 amide bonds. The van der Waals surface area contributed by atoms with E-state index in [2.05, 4.69) is 6.58 Å². The number of nitrogens with zero attached hydrogens (tertiary/aromatic N) is 2. The van der Waals surface area contributed by atoms with Crippen LogP contribution in [0.3, 0.4) is 0 Å². The van der Waals surface area contributed by atoms with Crippen LogP contribution in [-0.2, 0) is 4.79 Å². The second-order valence-electron chi connectivity index (χ2n) is 4.86. The van der Waals surface area contributed by atoms with Crippen molar-refractivity contribution in [2.24, 2.45) is 0 Å². The van der Waals surface area contributed by atoms with Crippen molar-refractivity contribution in [1.82, 2.24) is 9.80 Å². The Hall–Kier alpha value is -1.17. The molecule has 2 atom stereocenters. The fraction of sp³-hybridized carbons (Fsp3) is 0.714. The molecule has 20 heavy (non-hydrogen) atoms. The lowest BCUT2D eigenvalue weighted by molar-refractivity contribution is -0.141. The van der Waals surface area contributed by atoms with Gasteiger partial charge in [0.25, 0.3) is 0 Å². The number of aliphatic carboxylic acids is 1. The van der Waals surface area contributed by atoms with E-state index < -0.39 is 12.0 Å². The van der Waals surface area contributed by atoms with Crippen molar-refractivity contribution in [1.29, 1.82) is 0 Å². The van der Waals surface area contributed by atoms with Gasteiger partial charge in [-0.1, -0.05) is 26.3 Å². The van der Waals surface area contributed by atoms with Crippen molar-refractivity contribution in [2.45, 2.75) is 44.5 Å². The van der Waals surface area contributed by atoms with E-state index in [1.165, 1.54) is 0 Å². The molecular formula is C14H24N2O3S. The molecule has 1 aliphatic rings. The van der Waals surface area contributed by atoms with Crippen LogP contribution in [0.2, 0.25) is 0 Å². The first-order valence-corrected chi connectivity index (χ1v) is 8.14. The molecule has 0 aliphatic carbocycles. The second kappa shape index (κ2) is 8.19. The molecule has 0 radical (unpaired) electrons. The standard InChI is InChI=1S/C14H24N2O3S/c1-4-7-12-16(11(10-20-12)13(17)18)14(19)15(8-5-2)9-6-3/h5,11-12H,2,4,6-10H2,1,3H3,(H,17,18). The second-order valence-corrected chi connectivity index (χ2v) is 6.07. The van der Waals surface area contributed by atoms with Crippen molar-refractivity contribution in [2.75, 3.05) is 18.8 Å². The van der Waals surface area contributed by atoms with Crippen LogP contribution < -0.4 is 0 Å². The number of rotatable bonds is 7. The Morgan fingerprint density at radius 1 is 1.45 bits per heavy atom. The normalized spacial score (nSPS) is 21.8. The van der Waals surface area contributed by atoms with Crippen molar-refractivity contribution in [3.63, 3.8) is 0 Å². The average molecular weight is 300 g/mol. The maximum Gasteiger partial charge on any atom is 0.327 e. The molecule has 2 unspecified atom stereocenters. The number of hydrogen-bond donors (Lipinski definition) is 1. The van der Waals surface area contributed by atoms with Gasteiger partial charge in [-0.2, -0.15) is 0 Å². The highest BCUT2D eigenvalue weighted by Gasteiger charge is 2.42. The Bertz CT molecular complexity index is 362. The summed E-state index contributed by atoms with van der Waals surface area (Å²) in [6.45, 7) is 8.79. The first-order chi connectivity index (χ1) is 9.56. The number of carbonyl (C=O) groups is 2. The van der Waals surface area contributed by atoms with Gasteiger partial charge in [-0.3, -0.25) is 4.90 Å². The number of amides is 2. The smallest absolute Gasteiger partial charge is 0.327 e. The minimum absolute atomic E-state index is 0.0298. The molecule has 1 heterocycles. The first-order valence-electron chi connectivity index (χ1n) is 7.09. The lowest BCUT2D eigenvalue weighted by Crippen LogP contribution is -2.51. The van der Waals surface area contributed by atoms with Gasteiger partial charge in [-0.15, -0.1) is 18.3 Å². The minimum Gasteiger partial charge on any atom is -0.480 e. The first kappa shape index (κ1) is 16.9. The van der Waals surface area contributed by atoms with Crippen LogP contribution in [0, 0.1) is 0 Å². The van der Waals surface area contributed by atoms with Crippen molar-refractivity contribution >= 4 is 23.8 Å². The van der Waals surface area contributed by atoms with Crippen molar-refractivity contribution in [3.05, 3.63) is 12.7 Å². The molecule has 1 fully saturated rings. The molecule has 0 aromatic carbocycles. The minimum atomic E-state index is -0.917. The van der Waals surface area contributed by atoms with Gasteiger partial charge in [-0.25, -0.2) is 9.59 Å². The Morgan fingerprint density at radius 3 is 2.65 bits per heavy atom. The largest absolute Gasteiger partial charge is 0.480 e. The van der Waals surface area contributed by atoms with Gasteiger partial charge >= 0.3 is 12.0 Å². The lowest BCUT2D eigenvalue weighted by Gasteiger charge is -2.33. The van der Waals surface area contributed by atoms with E-state index in [1.807, 2.05) is 13.8 Å². The number of carbonyl (C=O) groups excluding carboxylic acids is 1. The summed E-state index contributed by atoms with van der Waals surface area (Å²) in [5.74, 6) is -0.445. The molecule has 1 aliphatic heterocycles. The summed E-state index contributed by atoms with van der Waals surface area (Å²) in [7, 11) is 0. The third kappa shape index (κ3) is 3.91. The fourth-order valence-corrected chi connectivity index (χ4v) is 3.84. The summed E-state index contributed by atoms with van der Waals surface area (Å²) in [6.07, 6.45) is 4.29. The fourth-order valence-electron chi connectivity index (χ4n) is 2.33. The number of hydrogen-bond acceptors (Lipinski definition) is 3. The Kier molecular flexibility index (Phi) is 6.91. The highest BCUT2D eigenvalue weighted by atomic mass is 32.2. The Balaban J connectivity index is 2.91. The van der Waals surface area contributed by atoms with Crippen LogP contribution >= 0.6 is 11.8 Å². The molecule has 114 valence electrons. The van der Waals surface area contributed by atoms with Crippen LogP contribution in [0.4, 0.5) is 4.79 Å². The van der Waals surface area contributed by atoms with E-state index in [0.717, 1.165) is 19.3 Å². The number of urea groups is 1. The topological polar surface area (TPSA) is 60.9 Å². The molecule has 1 rings (SSSR count). The predicted octanol–water partition coefficient (Wildman–Crippen LogP) is 2.63. The molecule has 0 saturated carbocycles. The third-order valence-corrected chi connectivity index (χ3v) is 4.60. The van der Waals surface area contributed by atoms with Crippen molar-refractivity contribution < 1.29 is 14.7 Å². The average Bonchev–Trinajstić information content (AvgIpc) is 2.82. The zero-order chi connectivity index (χ0) is 15.1. The Morgan fingerprint density at radius 2 is 2.15 bits per heavy atom. The quantitative estimate of drug-likeness (QED) is 0.734. The van der Waals surface area contributed by atoms with Crippen LogP contribution in [0.15, 0.2) is 12.7 Å². The summed E-state index contributed by atoms with van der Waals surface area (Å²) >= 11 is 1.57. The summed E-state index contributed by atoms with van der Waals surface area (Å²) < 4.78 is 0. The number of carboxylic acids is 1. The van der Waals surface area contributed by atoms with Crippen LogP contribution in [-0.4, -0.2) is 57.2 Å². The van der Waals surface area contributed by atoms with Gasteiger partial charge in [0.2, 0.25) is 0 Å². The van der Waals surface area contributed by atoms with E-state index in [9.17, 15) is 14.7 Å². The molecule has 1 N–H and O–H groups in total. The SMILES string of the molecule is C=CCN(CCC)C(=O)N1C(CCC)SCC1C(=O)O. The maximum absolute atomic E-state index is 12.7. The zero-order valence-electron chi connectivity index (χ0n) is 12.2. The maximum atomic E-state index is 12.7. The van der Waals surface area contributed by atoms with E-state index in [4.69, 9.17) is 0 Å². The third-order valence-electron chi connectivity index (χ3n) is 3.25. The molecule has 0 spiro atoms. The predicted molar refractivity (Wildman–Crippen MR) is 81.9 cm³/mol. The molecule has 0 aromatic rings. The van der Waals surface area contributed by atoms with E-state index in [-0.39, 0.29) is 11.4 Å². The molecule has 5 nitrogen and oxygen atoms in total. The van der Waals surface area contributed by atoms with Gasteiger partial charge in [0.1, 0.15) is 6.04 Å². The monoisotopic (exact) mass is 300 g/mol. The zero-order valence-corrected chi connectivity index (χ0v) is 13.1. The van der Waals surface area contributed by atoms with Gasteiger partial charge in [0.15, 0.2) is 0 Å². The molecule has 1 saturated heterocycles. The van der Waals surface area contributed by atoms with E-state index in [0.29, 0.717) is 18.8 Å². The summed E-state index contributed by atoms with van der Waals surface area (Å²) in [6, 6.07) is -0.893. The van der Waals surface area contributed by atoms with Crippen LogP contribution in [0.1, 0.15) is 33.1 Å². The summed E-state index contributed by atoms with van der Waals surface area (Å²) in [4.78, 5) is 27.2. The highest BCUT2D eigenvalue weighted by Crippen LogP contribution is 2.33. The van der Waals surface area contributed by atoms with Gasteiger partial charge in [0.05, 0.1) is 5.37 Å². The lowest BCUT2D eigenvalue weighted by atomic mass is 10.2. The van der Waals surface area contributed by atoms with Gasteiger partial charge in [-0.05, 0) is 12.8 Å². The summed E-state index contributed by atoms with van der Waals surface area (Å²) in [5, 5.41) is 9.28. The summed E-state index contributed by atoms with van der Waals surface area (Å²) in [5.41, 5.74) is 0. The van der Waals surface area contributed by atoms with Gasteiger partial charge in [0, 0.05) is 18.8 Å². The number of carboxylic acid groups (broad SMARTS) is 1. The molecule has 6 heteroatoms. The van der Waals surface area contributed by atoms with E-state index >= 15 is 0 Å². The highest BCUT2D eigenvalue weighted by molar-refractivity contribution is 8.00.